The Morgan fingerprint density at radius 3 is 2.55 bits per heavy atom. The highest BCUT2D eigenvalue weighted by Gasteiger charge is 2.29. The molecule has 1 aromatic heterocycles. The van der Waals surface area contributed by atoms with Crippen molar-refractivity contribution in [1.82, 2.24) is 4.31 Å². The summed E-state index contributed by atoms with van der Waals surface area (Å²) in [6, 6.07) is 12.7. The van der Waals surface area contributed by atoms with E-state index in [0.717, 1.165) is 11.1 Å². The lowest BCUT2D eigenvalue weighted by Gasteiger charge is -2.28. The van der Waals surface area contributed by atoms with Crippen molar-refractivity contribution in [2.75, 3.05) is 18.4 Å². The minimum absolute atomic E-state index is 0.00193. The van der Waals surface area contributed by atoms with Crippen LogP contribution in [0, 0.1) is 0 Å². The molecular weight excluding hydrogens is 480 g/mol. The summed E-state index contributed by atoms with van der Waals surface area (Å²) < 4.78 is 60.6. The Balaban J connectivity index is 1.58. The molecule has 0 bridgehead atoms. The normalized spacial score (nSPS) is 14.8. The van der Waals surface area contributed by atoms with E-state index in [2.05, 4.69) is 4.72 Å². The van der Waals surface area contributed by atoms with Crippen molar-refractivity contribution in [3.8, 4) is 5.75 Å². The van der Waals surface area contributed by atoms with Gasteiger partial charge in [-0.1, -0.05) is 23.7 Å². The van der Waals surface area contributed by atoms with Crippen LogP contribution < -0.4 is 9.46 Å². The van der Waals surface area contributed by atoms with Gasteiger partial charge in [-0.3, -0.25) is 4.72 Å². The molecule has 0 amide bonds. The first kappa shape index (κ1) is 22.1. The molecule has 0 saturated heterocycles. The van der Waals surface area contributed by atoms with Crippen LogP contribution in [0.2, 0.25) is 5.02 Å². The van der Waals surface area contributed by atoms with Crippen LogP contribution in [-0.4, -0.2) is 34.8 Å². The van der Waals surface area contributed by atoms with E-state index in [9.17, 15) is 16.8 Å². The number of rotatable bonds is 6. The SMILES string of the molecule is COc1ccc(S(=O)(=O)Nc2ccc3c(c2)CN(S(=O)(=O)c2cccs2)CC3)cc1Cl. The van der Waals surface area contributed by atoms with Crippen molar-refractivity contribution in [3.05, 3.63) is 70.1 Å². The quantitative estimate of drug-likeness (QED) is 0.555. The molecule has 1 N–H and O–H groups in total. The van der Waals surface area contributed by atoms with E-state index in [0.29, 0.717) is 28.6 Å². The molecular formula is C20H19ClN2O5S3. The van der Waals surface area contributed by atoms with Gasteiger partial charge in [0.25, 0.3) is 20.0 Å². The van der Waals surface area contributed by atoms with Gasteiger partial charge >= 0.3 is 0 Å². The van der Waals surface area contributed by atoms with E-state index in [1.54, 1.807) is 29.6 Å². The summed E-state index contributed by atoms with van der Waals surface area (Å²) in [6.45, 7) is 0.558. The number of methoxy groups -OCH3 is 1. The number of anilines is 1. The number of hydrogen-bond acceptors (Lipinski definition) is 6. The molecule has 11 heteroatoms. The Morgan fingerprint density at radius 2 is 1.87 bits per heavy atom. The van der Waals surface area contributed by atoms with Gasteiger partial charge in [-0.05, 0) is 59.3 Å². The number of thiophene rings is 1. The third-order valence-corrected chi connectivity index (χ3v) is 9.85. The average molecular weight is 499 g/mol. The number of halogens is 1. The summed E-state index contributed by atoms with van der Waals surface area (Å²) in [7, 11) is -6.01. The first-order valence-corrected chi connectivity index (χ1v) is 13.4. The van der Waals surface area contributed by atoms with Gasteiger partial charge in [-0.15, -0.1) is 11.3 Å². The number of ether oxygens (including phenoxy) is 1. The molecule has 0 radical (unpaired) electrons. The minimum atomic E-state index is -3.88. The van der Waals surface area contributed by atoms with Crippen LogP contribution in [0.4, 0.5) is 5.69 Å². The number of fused-ring (bicyclic) bond motifs is 1. The van der Waals surface area contributed by atoms with E-state index in [1.165, 1.54) is 41.0 Å². The van der Waals surface area contributed by atoms with Crippen LogP contribution in [0.15, 0.2) is 63.0 Å². The second kappa shape index (κ2) is 8.44. The average Bonchev–Trinajstić information content (AvgIpc) is 3.28. The number of hydrogen-bond donors (Lipinski definition) is 1. The van der Waals surface area contributed by atoms with Crippen LogP contribution >= 0.6 is 22.9 Å². The van der Waals surface area contributed by atoms with Gasteiger partial charge in [0, 0.05) is 18.8 Å². The van der Waals surface area contributed by atoms with Crippen LogP contribution in [0.25, 0.3) is 0 Å². The zero-order valence-electron chi connectivity index (χ0n) is 16.4. The van der Waals surface area contributed by atoms with Gasteiger partial charge in [0.05, 0.1) is 17.0 Å². The van der Waals surface area contributed by atoms with E-state index in [1.807, 2.05) is 6.07 Å². The fraction of sp³-hybridized carbons (Fsp3) is 0.200. The lowest BCUT2D eigenvalue weighted by Crippen LogP contribution is -2.35. The van der Waals surface area contributed by atoms with Crippen molar-refractivity contribution in [1.29, 1.82) is 0 Å². The van der Waals surface area contributed by atoms with E-state index >= 15 is 0 Å². The van der Waals surface area contributed by atoms with E-state index in [4.69, 9.17) is 16.3 Å². The van der Waals surface area contributed by atoms with Crippen molar-refractivity contribution in [2.24, 2.45) is 0 Å². The molecule has 0 unspecified atom stereocenters. The first-order valence-electron chi connectivity index (χ1n) is 9.22. The Bertz CT molecular complexity index is 1320. The molecule has 3 aromatic rings. The van der Waals surface area contributed by atoms with Gasteiger partial charge < -0.3 is 4.74 Å². The molecule has 0 aliphatic carbocycles. The summed E-state index contributed by atoms with van der Waals surface area (Å²) >= 11 is 7.23. The maximum Gasteiger partial charge on any atom is 0.261 e. The van der Waals surface area contributed by atoms with Crippen LogP contribution in [-0.2, 0) is 33.0 Å². The van der Waals surface area contributed by atoms with Gasteiger partial charge in [-0.2, -0.15) is 4.31 Å². The molecule has 164 valence electrons. The molecule has 0 spiro atoms. The largest absolute Gasteiger partial charge is 0.495 e. The highest BCUT2D eigenvalue weighted by molar-refractivity contribution is 7.92. The predicted molar refractivity (Wildman–Crippen MR) is 121 cm³/mol. The van der Waals surface area contributed by atoms with Crippen molar-refractivity contribution >= 4 is 48.7 Å². The maximum absolute atomic E-state index is 12.8. The zero-order chi connectivity index (χ0) is 22.2. The van der Waals surface area contributed by atoms with Crippen molar-refractivity contribution in [3.63, 3.8) is 0 Å². The van der Waals surface area contributed by atoms with Gasteiger partial charge in [-0.25, -0.2) is 16.8 Å². The highest BCUT2D eigenvalue weighted by atomic mass is 35.5. The second-order valence-corrected chi connectivity index (χ2v) is 12.1. The Hall–Kier alpha value is -2.11. The summed E-state index contributed by atoms with van der Waals surface area (Å²) in [4.78, 5) is -0.00193. The first-order chi connectivity index (χ1) is 14.7. The molecule has 31 heavy (non-hydrogen) atoms. The third kappa shape index (κ3) is 4.44. The molecule has 1 aliphatic rings. The topological polar surface area (TPSA) is 92.8 Å². The number of benzene rings is 2. The number of nitrogens with one attached hydrogen (secondary N) is 1. The fourth-order valence-corrected chi connectivity index (χ4v) is 7.33. The third-order valence-electron chi connectivity index (χ3n) is 4.96. The van der Waals surface area contributed by atoms with E-state index in [-0.39, 0.29) is 16.5 Å². The zero-order valence-corrected chi connectivity index (χ0v) is 19.6. The summed E-state index contributed by atoms with van der Waals surface area (Å²) in [5, 5.41) is 1.91. The van der Waals surface area contributed by atoms with Gasteiger partial charge in [0.2, 0.25) is 0 Å². The van der Waals surface area contributed by atoms with Crippen LogP contribution in [0.3, 0.4) is 0 Å². The molecule has 0 fully saturated rings. The Morgan fingerprint density at radius 1 is 1.06 bits per heavy atom. The number of sulfonamides is 2. The highest BCUT2D eigenvalue weighted by Crippen LogP contribution is 2.31. The smallest absolute Gasteiger partial charge is 0.261 e. The Kier molecular flexibility index (Phi) is 6.01. The summed E-state index contributed by atoms with van der Waals surface area (Å²) in [5.74, 6) is 0.376. The molecule has 0 saturated carbocycles. The second-order valence-electron chi connectivity index (χ2n) is 6.91. The molecule has 2 aromatic carbocycles. The van der Waals surface area contributed by atoms with Gasteiger partial charge in [0.1, 0.15) is 9.96 Å². The molecule has 1 aliphatic heterocycles. The standard InChI is InChI=1S/C20H19ClN2O5S3/c1-28-19-7-6-17(12-18(19)21)30(24,25)22-16-5-4-14-8-9-23(13-15(14)11-16)31(26,27)20-3-2-10-29-20/h2-7,10-12,22H,8-9,13H2,1H3. The Labute approximate surface area is 190 Å². The summed E-state index contributed by atoms with van der Waals surface area (Å²) in [5.41, 5.74) is 2.11. The van der Waals surface area contributed by atoms with Crippen molar-refractivity contribution < 1.29 is 21.6 Å². The van der Waals surface area contributed by atoms with Crippen LogP contribution in [0.1, 0.15) is 11.1 Å². The minimum Gasteiger partial charge on any atom is -0.495 e. The fourth-order valence-electron chi connectivity index (χ4n) is 3.37. The van der Waals surface area contributed by atoms with Gasteiger partial charge in [0.15, 0.2) is 0 Å². The van der Waals surface area contributed by atoms with E-state index < -0.39 is 20.0 Å². The molecule has 4 rings (SSSR count). The number of nitrogens with zero attached hydrogens (tertiary/aromatic N) is 1. The molecule has 2 heterocycles. The molecule has 7 nitrogen and oxygen atoms in total. The molecule has 0 atom stereocenters. The lowest BCUT2D eigenvalue weighted by molar-refractivity contribution is 0.392. The van der Waals surface area contributed by atoms with Crippen molar-refractivity contribution in [2.45, 2.75) is 22.1 Å². The lowest BCUT2D eigenvalue weighted by atomic mass is 10.0. The predicted octanol–water partition coefficient (Wildman–Crippen LogP) is 3.96. The maximum atomic E-state index is 12.8. The monoisotopic (exact) mass is 498 g/mol. The summed E-state index contributed by atoms with van der Waals surface area (Å²) in [6.07, 6.45) is 0.557. The van der Waals surface area contributed by atoms with Crippen LogP contribution in [0.5, 0.6) is 5.75 Å².